The molecule has 1 aromatic carbocycles. The third kappa shape index (κ3) is 3.78. The molecule has 0 atom stereocenters. The van der Waals surface area contributed by atoms with Crippen molar-refractivity contribution < 1.29 is 8.42 Å². The van der Waals surface area contributed by atoms with Gasteiger partial charge in [-0.1, -0.05) is 18.2 Å². The Balaban J connectivity index is 2.40. The first kappa shape index (κ1) is 15.4. The Morgan fingerprint density at radius 2 is 1.95 bits per heavy atom. The zero-order valence-corrected chi connectivity index (χ0v) is 12.2. The van der Waals surface area contributed by atoms with Crippen LogP contribution in [0.15, 0.2) is 53.7 Å². The summed E-state index contributed by atoms with van der Waals surface area (Å²) in [6.07, 6.45) is 1.15. The summed E-state index contributed by atoms with van der Waals surface area (Å²) in [5.74, 6) is 0. The molecule has 0 saturated carbocycles. The molecule has 21 heavy (non-hydrogen) atoms. The predicted molar refractivity (Wildman–Crippen MR) is 80.8 cm³/mol. The van der Waals surface area contributed by atoms with Crippen LogP contribution in [0.3, 0.4) is 0 Å². The molecule has 0 bridgehead atoms. The third-order valence-corrected chi connectivity index (χ3v) is 4.57. The van der Waals surface area contributed by atoms with Crippen molar-refractivity contribution in [1.29, 1.82) is 0 Å². The van der Waals surface area contributed by atoms with Crippen molar-refractivity contribution in [2.45, 2.75) is 17.6 Å². The maximum absolute atomic E-state index is 12.7. The van der Waals surface area contributed by atoms with Crippen molar-refractivity contribution in [1.82, 2.24) is 4.98 Å². The molecule has 1 aromatic heterocycles. The lowest BCUT2D eigenvalue weighted by Gasteiger charge is -2.24. The van der Waals surface area contributed by atoms with Crippen LogP contribution in [0.2, 0.25) is 0 Å². The van der Waals surface area contributed by atoms with Crippen LogP contribution in [0.25, 0.3) is 0 Å². The van der Waals surface area contributed by atoms with Gasteiger partial charge in [0.05, 0.1) is 11.9 Å². The van der Waals surface area contributed by atoms with Crippen molar-refractivity contribution >= 4 is 15.7 Å². The molecule has 0 amide bonds. The normalized spacial score (nSPS) is 11.6. The molecule has 0 unspecified atom stereocenters. The highest BCUT2D eigenvalue weighted by atomic mass is 32.2. The molecule has 0 spiro atoms. The van der Waals surface area contributed by atoms with Crippen molar-refractivity contribution in [3.05, 3.63) is 54.7 Å². The topological polar surface area (TPSA) is 102 Å². The Kier molecular flexibility index (Phi) is 4.89. The summed E-state index contributed by atoms with van der Waals surface area (Å²) in [6, 6.07) is 14.4. The number of rotatable bonds is 6. The average Bonchev–Trinajstić information content (AvgIpc) is 2.49. The fourth-order valence-corrected chi connectivity index (χ4v) is 3.19. The van der Waals surface area contributed by atoms with Gasteiger partial charge in [0.15, 0.2) is 5.03 Å². The Bertz CT molecular complexity index is 660. The lowest BCUT2D eigenvalue weighted by molar-refractivity contribution is 0.579. The standard InChI is InChI=1S/C14H17N4O2S/c15-13(16)9-11-18(12-6-2-1-3-7-12)21(19,20)14-8-4-5-10-17-14/h1-3,5-8,10,13H,9,11,15-16H2. The van der Waals surface area contributed by atoms with Gasteiger partial charge in [0, 0.05) is 12.7 Å². The molecule has 0 saturated heterocycles. The van der Waals surface area contributed by atoms with Crippen molar-refractivity contribution in [2.24, 2.45) is 11.5 Å². The number of anilines is 1. The lowest BCUT2D eigenvalue weighted by atomic mass is 10.3. The fraction of sp³-hybridized carbons (Fsp3) is 0.214. The van der Waals surface area contributed by atoms with Gasteiger partial charge in [-0.15, -0.1) is 0 Å². The highest BCUT2D eigenvalue weighted by Crippen LogP contribution is 2.22. The Morgan fingerprint density at radius 1 is 1.24 bits per heavy atom. The highest BCUT2D eigenvalue weighted by Gasteiger charge is 2.25. The van der Waals surface area contributed by atoms with Gasteiger partial charge in [-0.05, 0) is 36.8 Å². The smallest absolute Gasteiger partial charge is 0.281 e. The lowest BCUT2D eigenvalue weighted by Crippen LogP contribution is -2.39. The second-order valence-corrected chi connectivity index (χ2v) is 6.27. The molecule has 2 rings (SSSR count). The molecule has 1 radical (unpaired) electrons. The first-order valence-electron chi connectivity index (χ1n) is 6.43. The fourth-order valence-electron chi connectivity index (χ4n) is 1.81. The number of aromatic nitrogens is 1. The molecule has 7 heteroatoms. The van der Waals surface area contributed by atoms with E-state index in [1.165, 1.54) is 16.6 Å². The monoisotopic (exact) mass is 305 g/mol. The van der Waals surface area contributed by atoms with E-state index >= 15 is 0 Å². The van der Waals surface area contributed by atoms with E-state index in [4.69, 9.17) is 11.5 Å². The molecule has 1 heterocycles. The van der Waals surface area contributed by atoms with Crippen molar-refractivity contribution in [3.63, 3.8) is 0 Å². The van der Waals surface area contributed by atoms with Gasteiger partial charge in [0.25, 0.3) is 10.0 Å². The van der Waals surface area contributed by atoms with E-state index in [1.807, 2.05) is 6.07 Å². The van der Waals surface area contributed by atoms with E-state index < -0.39 is 16.2 Å². The molecule has 0 aliphatic heterocycles. The van der Waals surface area contributed by atoms with Crippen LogP contribution in [-0.2, 0) is 10.0 Å². The van der Waals surface area contributed by atoms with Crippen LogP contribution < -0.4 is 15.8 Å². The minimum Gasteiger partial charge on any atom is -0.316 e. The molecule has 111 valence electrons. The largest absolute Gasteiger partial charge is 0.316 e. The zero-order chi connectivity index (χ0) is 15.3. The van der Waals surface area contributed by atoms with E-state index in [9.17, 15) is 8.42 Å². The molecule has 4 N–H and O–H groups in total. The van der Waals surface area contributed by atoms with Gasteiger partial charge >= 0.3 is 0 Å². The molecule has 2 aromatic rings. The first-order chi connectivity index (χ1) is 10.0. The number of hydrogen-bond donors (Lipinski definition) is 2. The summed E-state index contributed by atoms with van der Waals surface area (Å²) in [4.78, 5) is 3.90. The summed E-state index contributed by atoms with van der Waals surface area (Å²) in [5.41, 5.74) is 11.6. The molecule has 0 aliphatic rings. The number of sulfonamides is 1. The zero-order valence-electron chi connectivity index (χ0n) is 11.4. The first-order valence-corrected chi connectivity index (χ1v) is 7.87. The maximum Gasteiger partial charge on any atom is 0.281 e. The van der Waals surface area contributed by atoms with Gasteiger partial charge in [-0.2, -0.15) is 8.42 Å². The average molecular weight is 305 g/mol. The van der Waals surface area contributed by atoms with E-state index in [2.05, 4.69) is 11.1 Å². The Hall–Kier alpha value is -1.96. The minimum atomic E-state index is -3.77. The molecule has 0 aliphatic carbocycles. The second kappa shape index (κ2) is 6.66. The number of nitrogens with two attached hydrogens (primary N) is 2. The number of benzene rings is 1. The quantitative estimate of drug-likeness (QED) is 0.765. The van der Waals surface area contributed by atoms with E-state index in [1.54, 1.807) is 30.3 Å². The summed E-state index contributed by atoms with van der Waals surface area (Å²) in [5, 5.41) is -0.0561. The third-order valence-electron chi connectivity index (χ3n) is 2.84. The number of pyridine rings is 1. The van der Waals surface area contributed by atoms with E-state index in [0.717, 1.165) is 0 Å². The van der Waals surface area contributed by atoms with Crippen LogP contribution >= 0.6 is 0 Å². The van der Waals surface area contributed by atoms with Gasteiger partial charge in [0.2, 0.25) is 0 Å². The molecule has 0 fully saturated rings. The van der Waals surface area contributed by atoms with Gasteiger partial charge in [-0.3, -0.25) is 4.31 Å². The van der Waals surface area contributed by atoms with Crippen LogP contribution in [0.5, 0.6) is 0 Å². The Labute approximate surface area is 124 Å². The SMILES string of the molecule is NC(N)CCN(c1ccccc1)S(=O)(=O)c1c[c]ccn1. The van der Waals surface area contributed by atoms with Gasteiger partial charge < -0.3 is 11.5 Å². The number of hydrogen-bond acceptors (Lipinski definition) is 5. The molecular formula is C14H17N4O2S. The van der Waals surface area contributed by atoms with Crippen molar-refractivity contribution in [3.8, 4) is 0 Å². The second-order valence-electron chi connectivity index (χ2n) is 4.46. The van der Waals surface area contributed by atoms with Crippen LogP contribution in [0.1, 0.15) is 6.42 Å². The number of nitrogens with zero attached hydrogens (tertiary/aromatic N) is 2. The summed E-state index contributed by atoms with van der Waals surface area (Å²) < 4.78 is 26.7. The van der Waals surface area contributed by atoms with E-state index in [-0.39, 0.29) is 11.6 Å². The number of para-hydroxylation sites is 1. The maximum atomic E-state index is 12.7. The highest BCUT2D eigenvalue weighted by molar-refractivity contribution is 7.92. The van der Waals surface area contributed by atoms with Crippen molar-refractivity contribution in [2.75, 3.05) is 10.8 Å². The minimum absolute atomic E-state index is 0.0561. The van der Waals surface area contributed by atoms with Crippen LogP contribution in [0, 0.1) is 6.07 Å². The Morgan fingerprint density at radius 3 is 2.52 bits per heavy atom. The van der Waals surface area contributed by atoms with Crippen LogP contribution in [-0.4, -0.2) is 26.1 Å². The van der Waals surface area contributed by atoms with Gasteiger partial charge in [0.1, 0.15) is 0 Å². The summed E-state index contributed by atoms with van der Waals surface area (Å²) in [7, 11) is -3.77. The molecule has 6 nitrogen and oxygen atoms in total. The van der Waals surface area contributed by atoms with Gasteiger partial charge in [-0.25, -0.2) is 4.98 Å². The predicted octanol–water partition coefficient (Wildman–Crippen LogP) is 0.711. The van der Waals surface area contributed by atoms with E-state index in [0.29, 0.717) is 12.1 Å². The van der Waals surface area contributed by atoms with Crippen LogP contribution in [0.4, 0.5) is 5.69 Å². The summed E-state index contributed by atoms with van der Waals surface area (Å²) >= 11 is 0. The summed E-state index contributed by atoms with van der Waals surface area (Å²) in [6.45, 7) is 0.181. The molecular weight excluding hydrogens is 288 g/mol.